The van der Waals surface area contributed by atoms with Crippen LogP contribution < -0.4 is 4.90 Å². The molecule has 21 heavy (non-hydrogen) atoms. The molecule has 0 amide bonds. The van der Waals surface area contributed by atoms with Gasteiger partial charge >= 0.3 is 0 Å². The van der Waals surface area contributed by atoms with Gasteiger partial charge in [0.25, 0.3) is 0 Å². The molecule has 1 aromatic carbocycles. The number of hydrogen-bond donors (Lipinski definition) is 0. The van der Waals surface area contributed by atoms with E-state index in [0.717, 1.165) is 38.2 Å². The molecular formula is C16H23NO3S. The molecule has 116 valence electrons. The maximum Gasteiger partial charge on any atom is 0.178 e. The third-order valence-corrected chi connectivity index (χ3v) is 6.45. The summed E-state index contributed by atoms with van der Waals surface area (Å²) >= 11 is 0. The van der Waals surface area contributed by atoms with E-state index in [-0.39, 0.29) is 11.4 Å². The molecule has 5 heteroatoms. The van der Waals surface area contributed by atoms with Gasteiger partial charge in [0.05, 0.1) is 22.9 Å². The van der Waals surface area contributed by atoms with Crippen LogP contribution in [0.4, 0.5) is 5.69 Å². The zero-order valence-corrected chi connectivity index (χ0v) is 13.4. The summed E-state index contributed by atoms with van der Waals surface area (Å²) in [4.78, 5) is 2.74. The molecule has 1 spiro atoms. The molecule has 4 nitrogen and oxygen atoms in total. The Balaban J connectivity index is 1.78. The number of benzene rings is 1. The fraction of sp³-hybridized carbons (Fsp3) is 0.625. The molecule has 0 aromatic heterocycles. The first kappa shape index (κ1) is 14.9. The number of sulfone groups is 1. The van der Waals surface area contributed by atoms with Crippen molar-refractivity contribution in [2.24, 2.45) is 0 Å². The topological polar surface area (TPSA) is 46.6 Å². The molecule has 1 aliphatic heterocycles. The van der Waals surface area contributed by atoms with Gasteiger partial charge in [-0.1, -0.05) is 19.8 Å². The maximum absolute atomic E-state index is 11.9. The van der Waals surface area contributed by atoms with Gasteiger partial charge in [0, 0.05) is 18.8 Å². The van der Waals surface area contributed by atoms with Crippen LogP contribution in [0.2, 0.25) is 0 Å². The van der Waals surface area contributed by atoms with Crippen molar-refractivity contribution in [3.63, 3.8) is 0 Å². The Labute approximate surface area is 127 Å². The molecule has 1 heterocycles. The van der Waals surface area contributed by atoms with Crippen molar-refractivity contribution >= 4 is 15.5 Å². The molecule has 1 aromatic rings. The highest BCUT2D eigenvalue weighted by Crippen LogP contribution is 2.37. The van der Waals surface area contributed by atoms with Gasteiger partial charge in [-0.15, -0.1) is 0 Å². The smallest absolute Gasteiger partial charge is 0.178 e. The highest BCUT2D eigenvalue weighted by atomic mass is 32.2. The van der Waals surface area contributed by atoms with Crippen LogP contribution in [0.15, 0.2) is 29.2 Å². The summed E-state index contributed by atoms with van der Waals surface area (Å²) in [6.45, 7) is 4.23. The van der Waals surface area contributed by atoms with Crippen molar-refractivity contribution < 1.29 is 13.2 Å². The second kappa shape index (κ2) is 5.61. The zero-order chi connectivity index (χ0) is 14.9. The molecule has 2 aliphatic rings. The fourth-order valence-corrected chi connectivity index (χ4v) is 4.30. The molecule has 3 rings (SSSR count). The molecule has 0 bridgehead atoms. The van der Waals surface area contributed by atoms with Gasteiger partial charge in [0.2, 0.25) is 0 Å². The number of ether oxygens (including phenoxy) is 1. The van der Waals surface area contributed by atoms with Crippen molar-refractivity contribution in [3.8, 4) is 0 Å². The van der Waals surface area contributed by atoms with Gasteiger partial charge in [-0.25, -0.2) is 8.42 Å². The van der Waals surface area contributed by atoms with E-state index in [9.17, 15) is 8.42 Å². The lowest BCUT2D eigenvalue weighted by Crippen LogP contribution is -2.50. The van der Waals surface area contributed by atoms with Gasteiger partial charge in [-0.05, 0) is 37.1 Å². The lowest BCUT2D eigenvalue weighted by Gasteiger charge is -2.41. The van der Waals surface area contributed by atoms with Crippen LogP contribution in [0, 0.1) is 0 Å². The second-order valence-electron chi connectivity index (χ2n) is 6.06. The van der Waals surface area contributed by atoms with E-state index in [4.69, 9.17) is 4.74 Å². The van der Waals surface area contributed by atoms with E-state index >= 15 is 0 Å². The zero-order valence-electron chi connectivity index (χ0n) is 12.5. The summed E-state index contributed by atoms with van der Waals surface area (Å²) in [5.74, 6) is 0.146. The van der Waals surface area contributed by atoms with E-state index in [0.29, 0.717) is 4.90 Å². The van der Waals surface area contributed by atoms with Crippen molar-refractivity contribution in [3.05, 3.63) is 24.3 Å². The first-order valence-corrected chi connectivity index (χ1v) is 9.42. The van der Waals surface area contributed by atoms with Crippen molar-refractivity contribution in [1.29, 1.82) is 0 Å². The summed E-state index contributed by atoms with van der Waals surface area (Å²) in [6.07, 6.45) is 4.79. The summed E-state index contributed by atoms with van der Waals surface area (Å²) in [5, 5.41) is 0. The normalized spacial score (nSPS) is 21.9. The lowest BCUT2D eigenvalue weighted by molar-refractivity contribution is -0.0501. The molecule has 2 fully saturated rings. The van der Waals surface area contributed by atoms with Crippen LogP contribution in [-0.4, -0.2) is 39.5 Å². The van der Waals surface area contributed by atoms with Crippen LogP contribution >= 0.6 is 0 Å². The first-order valence-electron chi connectivity index (χ1n) is 7.76. The van der Waals surface area contributed by atoms with Gasteiger partial charge in [0.15, 0.2) is 9.84 Å². The molecule has 0 atom stereocenters. The second-order valence-corrected chi connectivity index (χ2v) is 8.34. The standard InChI is InChI=1S/C16H23NO3S/c1-2-21(18,19)15-7-5-14(6-8-15)17-11-12-20-16(13-17)9-3-4-10-16/h5-8H,2-4,9-13H2,1H3. The monoisotopic (exact) mass is 309 g/mol. The maximum atomic E-state index is 11.9. The molecule has 0 unspecified atom stereocenters. The fourth-order valence-electron chi connectivity index (χ4n) is 3.42. The Kier molecular flexibility index (Phi) is 3.97. The Hall–Kier alpha value is -1.07. The Morgan fingerprint density at radius 3 is 2.48 bits per heavy atom. The van der Waals surface area contributed by atoms with Gasteiger partial charge in [0.1, 0.15) is 0 Å². The molecule has 1 saturated carbocycles. The number of morpholine rings is 1. The summed E-state index contributed by atoms with van der Waals surface area (Å²) < 4.78 is 29.8. The van der Waals surface area contributed by atoms with Crippen molar-refractivity contribution in [1.82, 2.24) is 0 Å². The Morgan fingerprint density at radius 1 is 1.19 bits per heavy atom. The third-order valence-electron chi connectivity index (χ3n) is 4.70. The van der Waals surface area contributed by atoms with Crippen molar-refractivity contribution in [2.45, 2.75) is 43.1 Å². The van der Waals surface area contributed by atoms with Crippen LogP contribution in [0.3, 0.4) is 0 Å². The van der Waals surface area contributed by atoms with Gasteiger partial charge in [-0.3, -0.25) is 0 Å². The molecular weight excluding hydrogens is 286 g/mol. The van der Waals surface area contributed by atoms with E-state index in [2.05, 4.69) is 4.90 Å². The van der Waals surface area contributed by atoms with Gasteiger partial charge in [-0.2, -0.15) is 0 Å². The minimum absolute atomic E-state index is 0.0341. The van der Waals surface area contributed by atoms with E-state index in [1.807, 2.05) is 12.1 Å². The van der Waals surface area contributed by atoms with E-state index in [1.54, 1.807) is 19.1 Å². The average Bonchev–Trinajstić information content (AvgIpc) is 2.95. The van der Waals surface area contributed by atoms with Crippen molar-refractivity contribution in [2.75, 3.05) is 30.3 Å². The lowest BCUT2D eigenvalue weighted by atomic mass is 9.99. The SMILES string of the molecule is CCS(=O)(=O)c1ccc(N2CCOC3(CCCC3)C2)cc1. The van der Waals surface area contributed by atoms with Gasteiger partial charge < -0.3 is 9.64 Å². The minimum Gasteiger partial charge on any atom is -0.371 e. The number of anilines is 1. The molecule has 0 N–H and O–H groups in total. The minimum atomic E-state index is -3.11. The molecule has 0 radical (unpaired) electrons. The number of nitrogens with zero attached hydrogens (tertiary/aromatic N) is 1. The summed E-state index contributed by atoms with van der Waals surface area (Å²) in [7, 11) is -3.11. The van der Waals surface area contributed by atoms with E-state index in [1.165, 1.54) is 12.8 Å². The highest BCUT2D eigenvalue weighted by Gasteiger charge is 2.39. The van der Waals surface area contributed by atoms with E-state index < -0.39 is 9.84 Å². The van der Waals surface area contributed by atoms with Crippen LogP contribution in [0.1, 0.15) is 32.6 Å². The Bertz CT molecular complexity index is 588. The number of hydrogen-bond acceptors (Lipinski definition) is 4. The number of rotatable bonds is 3. The average molecular weight is 309 g/mol. The van der Waals surface area contributed by atoms with Crippen LogP contribution in [-0.2, 0) is 14.6 Å². The summed E-state index contributed by atoms with van der Waals surface area (Å²) in [6, 6.07) is 7.31. The molecule has 1 saturated heterocycles. The third kappa shape index (κ3) is 2.94. The Morgan fingerprint density at radius 2 is 1.86 bits per heavy atom. The highest BCUT2D eigenvalue weighted by molar-refractivity contribution is 7.91. The predicted octanol–water partition coefficient (Wildman–Crippen LogP) is 2.63. The van der Waals surface area contributed by atoms with Crippen LogP contribution in [0.25, 0.3) is 0 Å². The molecule has 1 aliphatic carbocycles. The quantitative estimate of drug-likeness (QED) is 0.861. The predicted molar refractivity (Wildman–Crippen MR) is 83.5 cm³/mol. The largest absolute Gasteiger partial charge is 0.371 e. The summed E-state index contributed by atoms with van der Waals surface area (Å²) in [5.41, 5.74) is 1.13. The first-order chi connectivity index (χ1) is 10.0. The van der Waals surface area contributed by atoms with Crippen LogP contribution in [0.5, 0.6) is 0 Å².